The molecule has 2 heterocycles. The molecule has 0 unspecified atom stereocenters. The van der Waals surface area contributed by atoms with Crippen molar-refractivity contribution in [2.75, 3.05) is 18.0 Å². The molecule has 188 valence electrons. The van der Waals surface area contributed by atoms with E-state index >= 15 is 0 Å². The highest BCUT2D eigenvalue weighted by molar-refractivity contribution is 6.78. The van der Waals surface area contributed by atoms with Crippen molar-refractivity contribution in [2.24, 2.45) is 5.92 Å². The molecule has 0 N–H and O–H groups in total. The molecule has 35 heavy (non-hydrogen) atoms. The van der Waals surface area contributed by atoms with Crippen LogP contribution in [0.2, 0.25) is 16.6 Å². The maximum Gasteiger partial charge on any atom is 0.258 e. The van der Waals surface area contributed by atoms with Gasteiger partial charge in [0.25, 0.3) is 8.32 Å². The summed E-state index contributed by atoms with van der Waals surface area (Å²) >= 11 is 0. The van der Waals surface area contributed by atoms with Crippen LogP contribution in [0.15, 0.2) is 63.8 Å². The largest absolute Gasteiger partial charge is 0.543 e. The molecular formula is C30H41NO3Si. The smallest absolute Gasteiger partial charge is 0.258 e. The highest BCUT2D eigenvalue weighted by atomic mass is 28.4. The molecule has 0 bridgehead atoms. The van der Waals surface area contributed by atoms with Gasteiger partial charge in [0, 0.05) is 25.2 Å². The molecule has 4 rings (SSSR count). The molecule has 4 nitrogen and oxygen atoms in total. The average Bonchev–Trinajstić information content (AvgIpc) is 2.82. The summed E-state index contributed by atoms with van der Waals surface area (Å²) in [6.45, 7) is 15.5. The van der Waals surface area contributed by atoms with Crippen LogP contribution in [0.5, 0.6) is 5.75 Å². The molecule has 3 aromatic rings. The topological polar surface area (TPSA) is 42.7 Å². The molecule has 1 saturated heterocycles. The van der Waals surface area contributed by atoms with E-state index in [0.29, 0.717) is 39.4 Å². The van der Waals surface area contributed by atoms with Gasteiger partial charge in [-0.05, 0) is 59.5 Å². The first-order valence-corrected chi connectivity index (χ1v) is 15.4. The van der Waals surface area contributed by atoms with Crippen molar-refractivity contribution in [3.8, 4) is 5.75 Å². The summed E-state index contributed by atoms with van der Waals surface area (Å²) < 4.78 is 13.2. The minimum atomic E-state index is -2.09. The number of nitrogens with zero attached hydrogens (tertiary/aromatic N) is 1. The van der Waals surface area contributed by atoms with E-state index in [-0.39, 0.29) is 5.43 Å². The number of hydrogen-bond donors (Lipinski definition) is 0. The van der Waals surface area contributed by atoms with Crippen molar-refractivity contribution in [1.29, 1.82) is 0 Å². The van der Waals surface area contributed by atoms with Crippen LogP contribution in [-0.4, -0.2) is 21.4 Å². The van der Waals surface area contributed by atoms with Crippen molar-refractivity contribution in [3.63, 3.8) is 0 Å². The second kappa shape index (κ2) is 10.6. The van der Waals surface area contributed by atoms with Gasteiger partial charge in [-0.3, -0.25) is 4.79 Å². The quantitative estimate of drug-likeness (QED) is 0.301. The normalized spacial score (nSPS) is 15.5. The molecule has 1 aliphatic rings. The van der Waals surface area contributed by atoms with E-state index in [2.05, 4.69) is 76.8 Å². The second-order valence-corrected chi connectivity index (χ2v) is 16.5. The zero-order valence-corrected chi connectivity index (χ0v) is 23.2. The molecule has 1 aliphatic heterocycles. The van der Waals surface area contributed by atoms with Crippen LogP contribution in [-0.2, 0) is 6.42 Å². The van der Waals surface area contributed by atoms with E-state index in [4.69, 9.17) is 8.84 Å². The van der Waals surface area contributed by atoms with E-state index in [9.17, 15) is 4.79 Å². The standard InChI is InChI=1S/C30H41NO3Si/c1-21(2)35(22(3)4,23(5)6)34-26-12-13-27-28(32)20-30(33-29(27)19-26)31-16-14-25(15-17-31)18-24-10-8-7-9-11-24/h7-13,19-23,25H,14-18H2,1-6H3. The minimum Gasteiger partial charge on any atom is -0.543 e. The lowest BCUT2D eigenvalue weighted by Crippen LogP contribution is -2.50. The zero-order valence-electron chi connectivity index (χ0n) is 22.2. The van der Waals surface area contributed by atoms with Gasteiger partial charge in [0.15, 0.2) is 11.3 Å². The molecule has 0 amide bonds. The molecule has 1 fully saturated rings. The molecular weight excluding hydrogens is 450 g/mol. The Kier molecular flexibility index (Phi) is 7.75. The number of benzene rings is 2. The molecule has 0 saturated carbocycles. The Labute approximate surface area is 211 Å². The van der Waals surface area contributed by atoms with Crippen molar-refractivity contribution in [3.05, 3.63) is 70.4 Å². The third kappa shape index (κ3) is 5.35. The Balaban J connectivity index is 1.55. The Hall–Kier alpha value is -2.53. The first-order valence-electron chi connectivity index (χ1n) is 13.3. The van der Waals surface area contributed by atoms with Gasteiger partial charge in [0.2, 0.25) is 0 Å². The van der Waals surface area contributed by atoms with Crippen LogP contribution in [0.1, 0.15) is 59.9 Å². The van der Waals surface area contributed by atoms with E-state index < -0.39 is 8.32 Å². The molecule has 1 aromatic heterocycles. The number of rotatable bonds is 8. The van der Waals surface area contributed by atoms with E-state index in [1.807, 2.05) is 18.2 Å². The van der Waals surface area contributed by atoms with Gasteiger partial charge in [-0.25, -0.2) is 0 Å². The number of fused-ring (bicyclic) bond motifs is 1. The van der Waals surface area contributed by atoms with Crippen molar-refractivity contribution < 1.29 is 8.84 Å². The lowest BCUT2D eigenvalue weighted by molar-refractivity contribution is 0.390. The number of piperidine rings is 1. The minimum absolute atomic E-state index is 0.0132. The van der Waals surface area contributed by atoms with Gasteiger partial charge in [-0.15, -0.1) is 0 Å². The Morgan fingerprint density at radius 1 is 0.914 bits per heavy atom. The highest BCUT2D eigenvalue weighted by Crippen LogP contribution is 2.43. The summed E-state index contributed by atoms with van der Waals surface area (Å²) in [5.41, 5.74) is 3.48. The van der Waals surface area contributed by atoms with Crippen LogP contribution < -0.4 is 14.8 Å². The van der Waals surface area contributed by atoms with Crippen LogP contribution in [0.4, 0.5) is 5.88 Å². The lowest BCUT2D eigenvalue weighted by atomic mass is 9.90. The predicted octanol–water partition coefficient (Wildman–Crippen LogP) is 7.81. The fourth-order valence-corrected chi connectivity index (χ4v) is 11.4. The summed E-state index contributed by atoms with van der Waals surface area (Å²) in [6.07, 6.45) is 3.32. The fraction of sp³-hybridized carbons (Fsp3) is 0.500. The zero-order chi connectivity index (χ0) is 25.2. The van der Waals surface area contributed by atoms with Gasteiger partial charge >= 0.3 is 0 Å². The van der Waals surface area contributed by atoms with Crippen LogP contribution in [0.25, 0.3) is 11.0 Å². The molecule has 0 aliphatic carbocycles. The molecule has 2 aromatic carbocycles. The van der Waals surface area contributed by atoms with Gasteiger partial charge in [-0.1, -0.05) is 71.9 Å². The maximum atomic E-state index is 13.0. The van der Waals surface area contributed by atoms with Crippen molar-refractivity contribution in [2.45, 2.75) is 77.4 Å². The van der Waals surface area contributed by atoms with E-state index in [0.717, 1.165) is 38.1 Å². The van der Waals surface area contributed by atoms with Gasteiger partial charge in [-0.2, -0.15) is 0 Å². The Morgan fingerprint density at radius 2 is 1.54 bits per heavy atom. The summed E-state index contributed by atoms with van der Waals surface area (Å²) in [4.78, 5) is 15.2. The second-order valence-electron chi connectivity index (χ2n) is 11.1. The Bertz CT molecular complexity index is 1160. The van der Waals surface area contributed by atoms with E-state index in [1.165, 1.54) is 5.56 Å². The number of hydrogen-bond acceptors (Lipinski definition) is 4. The Morgan fingerprint density at radius 3 is 2.14 bits per heavy atom. The number of anilines is 1. The van der Waals surface area contributed by atoms with Crippen molar-refractivity contribution in [1.82, 2.24) is 0 Å². The summed E-state index contributed by atoms with van der Waals surface area (Å²) in [5.74, 6) is 2.17. The van der Waals surface area contributed by atoms with E-state index in [1.54, 1.807) is 6.07 Å². The summed E-state index contributed by atoms with van der Waals surface area (Å²) in [7, 11) is -2.09. The maximum absolute atomic E-state index is 13.0. The van der Waals surface area contributed by atoms with Gasteiger partial charge in [0.05, 0.1) is 5.39 Å². The van der Waals surface area contributed by atoms with Gasteiger partial charge < -0.3 is 13.7 Å². The molecule has 0 spiro atoms. The highest BCUT2D eigenvalue weighted by Gasteiger charge is 2.47. The SMILES string of the molecule is CC(C)[Si](Oc1ccc2c(=O)cc(N3CCC(Cc4ccccc4)CC3)oc2c1)(C(C)C)C(C)C. The predicted molar refractivity (Wildman–Crippen MR) is 149 cm³/mol. The average molecular weight is 492 g/mol. The molecule has 0 radical (unpaired) electrons. The first-order chi connectivity index (χ1) is 16.7. The van der Waals surface area contributed by atoms with Crippen LogP contribution in [0, 0.1) is 5.92 Å². The third-order valence-corrected chi connectivity index (χ3v) is 14.0. The third-order valence-electron chi connectivity index (χ3n) is 7.98. The summed E-state index contributed by atoms with van der Waals surface area (Å²) in [6, 6.07) is 18.1. The summed E-state index contributed by atoms with van der Waals surface area (Å²) in [5, 5.41) is 0.617. The van der Waals surface area contributed by atoms with Gasteiger partial charge in [0.1, 0.15) is 11.3 Å². The van der Waals surface area contributed by atoms with Crippen LogP contribution >= 0.6 is 0 Å². The molecule has 5 heteroatoms. The van der Waals surface area contributed by atoms with Crippen LogP contribution in [0.3, 0.4) is 0 Å². The first kappa shape index (κ1) is 25.6. The molecule has 0 atom stereocenters. The monoisotopic (exact) mass is 491 g/mol. The lowest BCUT2D eigenvalue weighted by Gasteiger charge is -2.42. The van der Waals surface area contributed by atoms with Crippen molar-refractivity contribution >= 4 is 25.2 Å². The fourth-order valence-electron chi connectivity index (χ4n) is 6.20.